The Hall–Kier alpha value is -1.49. The van der Waals surface area contributed by atoms with Crippen LogP contribution in [0.3, 0.4) is 0 Å². The van der Waals surface area contributed by atoms with E-state index >= 15 is 0 Å². The molecule has 1 rings (SSSR count). The summed E-state index contributed by atoms with van der Waals surface area (Å²) in [6.45, 7) is 2.53. The lowest BCUT2D eigenvalue weighted by molar-refractivity contribution is -0.122. The van der Waals surface area contributed by atoms with Crippen molar-refractivity contribution in [2.24, 2.45) is 5.73 Å². The minimum atomic E-state index is -0.620. The van der Waals surface area contributed by atoms with Crippen molar-refractivity contribution < 1.29 is 13.6 Å². The molecule has 0 aliphatic carbocycles. The van der Waals surface area contributed by atoms with Gasteiger partial charge in [-0.25, -0.2) is 8.78 Å². The Labute approximate surface area is 124 Å². The summed E-state index contributed by atoms with van der Waals surface area (Å²) in [6.07, 6.45) is 4.74. The largest absolute Gasteiger partial charge is 0.349 e. The molecule has 0 heterocycles. The van der Waals surface area contributed by atoms with Gasteiger partial charge in [0.1, 0.15) is 11.6 Å². The number of nitrogens with two attached hydrogens (primary N) is 1. The van der Waals surface area contributed by atoms with Gasteiger partial charge in [-0.2, -0.15) is 0 Å². The highest BCUT2D eigenvalue weighted by Crippen LogP contribution is 2.21. The van der Waals surface area contributed by atoms with E-state index in [1.54, 1.807) is 0 Å². The quantitative estimate of drug-likeness (QED) is 0.686. The number of unbranched alkanes of at least 4 members (excludes halogenated alkanes) is 3. The minimum absolute atomic E-state index is 0.0988. The van der Waals surface area contributed by atoms with Crippen molar-refractivity contribution in [2.75, 3.05) is 6.54 Å². The molecule has 0 aliphatic heterocycles. The first-order valence-electron chi connectivity index (χ1n) is 7.52. The molecule has 0 saturated carbocycles. The molecule has 0 fully saturated rings. The summed E-state index contributed by atoms with van der Waals surface area (Å²) in [5, 5.41) is 2.81. The van der Waals surface area contributed by atoms with Gasteiger partial charge < -0.3 is 11.1 Å². The fraction of sp³-hybridized carbons (Fsp3) is 0.562. The molecule has 118 valence electrons. The summed E-state index contributed by atoms with van der Waals surface area (Å²) >= 11 is 0. The van der Waals surface area contributed by atoms with Crippen molar-refractivity contribution in [3.8, 4) is 0 Å². The van der Waals surface area contributed by atoms with Gasteiger partial charge in [-0.1, -0.05) is 25.8 Å². The molecule has 1 unspecified atom stereocenters. The number of halogens is 2. The van der Waals surface area contributed by atoms with Crippen LogP contribution in [0, 0.1) is 11.6 Å². The van der Waals surface area contributed by atoms with E-state index in [1.165, 1.54) is 12.1 Å². The zero-order valence-electron chi connectivity index (χ0n) is 12.5. The molecule has 5 heteroatoms. The molecule has 1 aromatic rings. The van der Waals surface area contributed by atoms with E-state index in [0.717, 1.165) is 31.7 Å². The summed E-state index contributed by atoms with van der Waals surface area (Å²) < 4.78 is 26.6. The van der Waals surface area contributed by atoms with E-state index in [4.69, 9.17) is 5.73 Å². The molecule has 0 bridgehead atoms. The lowest BCUT2D eigenvalue weighted by atomic mass is 10.0. The SMILES string of the molecule is CCC(NC(=O)CCCCCCN)c1ccc(F)cc1F. The molecule has 3 nitrogen and oxygen atoms in total. The van der Waals surface area contributed by atoms with Crippen molar-refractivity contribution in [3.05, 3.63) is 35.4 Å². The van der Waals surface area contributed by atoms with Crippen LogP contribution in [0.15, 0.2) is 18.2 Å². The van der Waals surface area contributed by atoms with E-state index in [2.05, 4.69) is 5.32 Å². The van der Waals surface area contributed by atoms with Crippen LogP contribution in [-0.4, -0.2) is 12.5 Å². The van der Waals surface area contributed by atoms with Crippen LogP contribution in [0.25, 0.3) is 0 Å². The third kappa shape index (κ3) is 6.21. The normalized spacial score (nSPS) is 12.2. The van der Waals surface area contributed by atoms with Gasteiger partial charge in [0, 0.05) is 18.1 Å². The first-order chi connectivity index (χ1) is 10.1. The number of carbonyl (C=O) groups is 1. The lowest BCUT2D eigenvalue weighted by Crippen LogP contribution is -2.28. The van der Waals surface area contributed by atoms with Gasteiger partial charge in [-0.15, -0.1) is 0 Å². The van der Waals surface area contributed by atoms with Crippen molar-refractivity contribution in [1.82, 2.24) is 5.32 Å². The molecule has 1 amide bonds. The van der Waals surface area contributed by atoms with Crippen LogP contribution < -0.4 is 11.1 Å². The number of benzene rings is 1. The Morgan fingerprint density at radius 1 is 1.24 bits per heavy atom. The van der Waals surface area contributed by atoms with Gasteiger partial charge >= 0.3 is 0 Å². The van der Waals surface area contributed by atoms with Crippen LogP contribution >= 0.6 is 0 Å². The fourth-order valence-electron chi connectivity index (χ4n) is 2.23. The van der Waals surface area contributed by atoms with Crippen molar-refractivity contribution in [1.29, 1.82) is 0 Å². The van der Waals surface area contributed by atoms with Crippen molar-refractivity contribution in [3.63, 3.8) is 0 Å². The van der Waals surface area contributed by atoms with Crippen molar-refractivity contribution >= 4 is 5.91 Å². The molecular formula is C16H24F2N2O. The molecule has 0 aliphatic rings. The van der Waals surface area contributed by atoms with Crippen LogP contribution in [0.2, 0.25) is 0 Å². The number of hydrogen-bond acceptors (Lipinski definition) is 2. The predicted molar refractivity (Wildman–Crippen MR) is 79.7 cm³/mol. The molecule has 21 heavy (non-hydrogen) atoms. The molecule has 0 saturated heterocycles. The topological polar surface area (TPSA) is 55.1 Å². The molecule has 0 aromatic heterocycles. The monoisotopic (exact) mass is 298 g/mol. The van der Waals surface area contributed by atoms with Crippen molar-refractivity contribution in [2.45, 2.75) is 51.5 Å². The van der Waals surface area contributed by atoms with Crippen LogP contribution in [-0.2, 0) is 4.79 Å². The molecule has 3 N–H and O–H groups in total. The third-order valence-corrected chi connectivity index (χ3v) is 3.44. The first kappa shape index (κ1) is 17.6. The van der Waals surface area contributed by atoms with E-state index < -0.39 is 17.7 Å². The van der Waals surface area contributed by atoms with E-state index in [-0.39, 0.29) is 5.91 Å². The zero-order valence-corrected chi connectivity index (χ0v) is 12.5. The summed E-state index contributed by atoms with van der Waals surface area (Å²) in [7, 11) is 0. The smallest absolute Gasteiger partial charge is 0.220 e. The standard InChI is InChI=1S/C16H24F2N2O/c1-2-15(13-9-8-12(17)11-14(13)18)20-16(21)7-5-3-4-6-10-19/h8-9,11,15H,2-7,10,19H2,1H3,(H,20,21). The fourth-order valence-corrected chi connectivity index (χ4v) is 2.23. The van der Waals surface area contributed by atoms with E-state index in [9.17, 15) is 13.6 Å². The molecule has 0 radical (unpaired) electrons. The van der Waals surface area contributed by atoms with Gasteiger partial charge in [-0.05, 0) is 31.9 Å². The Bertz CT molecular complexity index is 452. The Morgan fingerprint density at radius 2 is 1.95 bits per heavy atom. The molecule has 0 spiro atoms. The van der Waals surface area contributed by atoms with Crippen LogP contribution in [0.4, 0.5) is 8.78 Å². The van der Waals surface area contributed by atoms with Gasteiger partial charge in [0.2, 0.25) is 5.91 Å². The Kier molecular flexibility index (Phi) is 7.90. The highest BCUT2D eigenvalue weighted by atomic mass is 19.1. The summed E-state index contributed by atoms with van der Waals surface area (Å²) in [5.41, 5.74) is 5.73. The highest BCUT2D eigenvalue weighted by molar-refractivity contribution is 5.76. The van der Waals surface area contributed by atoms with E-state index in [1.807, 2.05) is 6.92 Å². The highest BCUT2D eigenvalue weighted by Gasteiger charge is 2.16. The van der Waals surface area contributed by atoms with E-state index in [0.29, 0.717) is 24.9 Å². The van der Waals surface area contributed by atoms with Crippen LogP contribution in [0.1, 0.15) is 57.1 Å². The molecule has 1 aromatic carbocycles. The molecule has 1 atom stereocenters. The van der Waals surface area contributed by atoms with Gasteiger partial charge in [-0.3, -0.25) is 4.79 Å². The number of nitrogens with one attached hydrogen (secondary N) is 1. The average molecular weight is 298 g/mol. The second kappa shape index (κ2) is 9.45. The van der Waals surface area contributed by atoms with Gasteiger partial charge in [0.25, 0.3) is 0 Å². The third-order valence-electron chi connectivity index (χ3n) is 3.44. The average Bonchev–Trinajstić information content (AvgIpc) is 2.45. The zero-order chi connectivity index (χ0) is 15.7. The first-order valence-corrected chi connectivity index (χ1v) is 7.52. The van der Waals surface area contributed by atoms with Crippen LogP contribution in [0.5, 0.6) is 0 Å². The number of carbonyl (C=O) groups excluding carboxylic acids is 1. The number of hydrogen-bond donors (Lipinski definition) is 2. The van der Waals surface area contributed by atoms with Gasteiger partial charge in [0.15, 0.2) is 0 Å². The Balaban J connectivity index is 2.48. The minimum Gasteiger partial charge on any atom is -0.349 e. The second-order valence-corrected chi connectivity index (χ2v) is 5.15. The molecular weight excluding hydrogens is 274 g/mol. The summed E-state index contributed by atoms with van der Waals surface area (Å²) in [5.74, 6) is -1.33. The second-order valence-electron chi connectivity index (χ2n) is 5.15. The maximum atomic E-state index is 13.7. The lowest BCUT2D eigenvalue weighted by Gasteiger charge is -2.18. The van der Waals surface area contributed by atoms with Gasteiger partial charge in [0.05, 0.1) is 6.04 Å². The maximum Gasteiger partial charge on any atom is 0.220 e. The maximum absolute atomic E-state index is 13.7. The summed E-state index contributed by atoms with van der Waals surface area (Å²) in [4.78, 5) is 11.9. The number of amides is 1. The number of rotatable bonds is 9. The Morgan fingerprint density at radius 3 is 2.57 bits per heavy atom. The summed E-state index contributed by atoms with van der Waals surface area (Å²) in [6, 6.07) is 3.03. The predicted octanol–water partition coefficient (Wildman–Crippen LogP) is 3.44.